The number of ether oxygens (including phenoxy) is 1. The monoisotopic (exact) mass is 201 g/mol. The lowest BCUT2D eigenvalue weighted by molar-refractivity contribution is 0.0659. The number of hydrogen-bond donors (Lipinski definition) is 2. The number of nitrogens with one attached hydrogen (secondary N) is 1. The van der Waals surface area contributed by atoms with E-state index in [1.807, 2.05) is 6.92 Å². The molecule has 84 valence electrons. The van der Waals surface area contributed by atoms with Crippen LogP contribution in [0.15, 0.2) is 0 Å². The fourth-order valence-electron chi connectivity index (χ4n) is 1.73. The summed E-state index contributed by atoms with van der Waals surface area (Å²) in [4.78, 5) is 0. The van der Waals surface area contributed by atoms with Crippen LogP contribution in [0.2, 0.25) is 0 Å². The first-order valence-corrected chi connectivity index (χ1v) is 5.79. The summed E-state index contributed by atoms with van der Waals surface area (Å²) in [5.41, 5.74) is 0. The Morgan fingerprint density at radius 3 is 2.79 bits per heavy atom. The van der Waals surface area contributed by atoms with Crippen molar-refractivity contribution in [1.82, 2.24) is 5.32 Å². The number of aliphatic hydroxyl groups is 1. The Morgan fingerprint density at radius 1 is 1.43 bits per heavy atom. The molecule has 1 heterocycles. The molecule has 1 aliphatic rings. The van der Waals surface area contributed by atoms with Gasteiger partial charge in [0.05, 0.1) is 6.10 Å². The number of hydrogen-bond acceptors (Lipinski definition) is 3. The molecule has 0 saturated carbocycles. The predicted molar refractivity (Wildman–Crippen MR) is 57.3 cm³/mol. The van der Waals surface area contributed by atoms with E-state index in [-0.39, 0.29) is 6.10 Å². The van der Waals surface area contributed by atoms with Gasteiger partial charge < -0.3 is 15.2 Å². The first kappa shape index (κ1) is 12.0. The molecule has 1 aliphatic heterocycles. The van der Waals surface area contributed by atoms with Crippen LogP contribution in [0.5, 0.6) is 0 Å². The Kier molecular flexibility index (Phi) is 6.15. The smallest absolute Gasteiger partial charge is 0.0549 e. The van der Waals surface area contributed by atoms with Crippen LogP contribution >= 0.6 is 0 Å². The van der Waals surface area contributed by atoms with Gasteiger partial charge in [0, 0.05) is 13.2 Å². The molecular weight excluding hydrogens is 178 g/mol. The predicted octanol–water partition coefficient (Wildman–Crippen LogP) is 1.16. The molecule has 1 fully saturated rings. The lowest BCUT2D eigenvalue weighted by atomic mass is 10.0. The number of rotatable bonds is 6. The van der Waals surface area contributed by atoms with Crippen molar-refractivity contribution in [3.05, 3.63) is 0 Å². The summed E-state index contributed by atoms with van der Waals surface area (Å²) < 4.78 is 5.29. The van der Waals surface area contributed by atoms with E-state index in [0.717, 1.165) is 45.1 Å². The van der Waals surface area contributed by atoms with Gasteiger partial charge in [-0.1, -0.05) is 6.92 Å². The molecule has 0 amide bonds. The fourth-order valence-corrected chi connectivity index (χ4v) is 1.73. The second kappa shape index (κ2) is 7.21. The maximum atomic E-state index is 9.33. The molecule has 1 rings (SSSR count). The molecule has 1 atom stereocenters. The molecule has 0 bridgehead atoms. The van der Waals surface area contributed by atoms with Crippen molar-refractivity contribution < 1.29 is 9.84 Å². The van der Waals surface area contributed by atoms with Crippen molar-refractivity contribution in [3.63, 3.8) is 0 Å². The standard InChI is InChI=1S/C11H23NO2/c1-2-11(13)3-6-12-9-10-4-7-14-8-5-10/h10-13H,2-9H2,1H3. The molecule has 0 radical (unpaired) electrons. The maximum absolute atomic E-state index is 9.33. The summed E-state index contributed by atoms with van der Waals surface area (Å²) in [6.45, 7) is 5.88. The Labute approximate surface area is 86.8 Å². The molecule has 0 aromatic rings. The Balaban J connectivity index is 1.92. The van der Waals surface area contributed by atoms with Gasteiger partial charge in [-0.15, -0.1) is 0 Å². The molecule has 1 saturated heterocycles. The van der Waals surface area contributed by atoms with E-state index in [1.165, 1.54) is 12.8 Å². The third kappa shape index (κ3) is 4.94. The zero-order valence-electron chi connectivity index (χ0n) is 9.17. The van der Waals surface area contributed by atoms with Crippen molar-refractivity contribution in [2.24, 2.45) is 5.92 Å². The SMILES string of the molecule is CCC(O)CCNCC1CCOCC1. The van der Waals surface area contributed by atoms with Crippen molar-refractivity contribution >= 4 is 0 Å². The van der Waals surface area contributed by atoms with E-state index in [4.69, 9.17) is 4.74 Å². The van der Waals surface area contributed by atoms with E-state index in [2.05, 4.69) is 5.32 Å². The van der Waals surface area contributed by atoms with E-state index in [1.54, 1.807) is 0 Å². The second-order valence-corrected chi connectivity index (χ2v) is 4.11. The van der Waals surface area contributed by atoms with Crippen LogP contribution in [0.4, 0.5) is 0 Å². The normalized spacial score (nSPS) is 21.0. The fraction of sp³-hybridized carbons (Fsp3) is 1.00. The van der Waals surface area contributed by atoms with Crippen LogP contribution in [0.25, 0.3) is 0 Å². The van der Waals surface area contributed by atoms with E-state index < -0.39 is 0 Å². The van der Waals surface area contributed by atoms with Gasteiger partial charge in [-0.2, -0.15) is 0 Å². The third-order valence-electron chi connectivity index (χ3n) is 2.90. The second-order valence-electron chi connectivity index (χ2n) is 4.11. The Morgan fingerprint density at radius 2 is 2.14 bits per heavy atom. The third-order valence-corrected chi connectivity index (χ3v) is 2.90. The van der Waals surface area contributed by atoms with Gasteiger partial charge in [-0.05, 0) is 44.7 Å². The van der Waals surface area contributed by atoms with Crippen LogP contribution in [-0.2, 0) is 4.74 Å². The summed E-state index contributed by atoms with van der Waals surface area (Å²) in [5.74, 6) is 0.780. The molecule has 0 aliphatic carbocycles. The van der Waals surface area contributed by atoms with E-state index >= 15 is 0 Å². The Bertz CT molecular complexity index is 135. The molecule has 1 unspecified atom stereocenters. The highest BCUT2D eigenvalue weighted by Gasteiger charge is 2.12. The zero-order chi connectivity index (χ0) is 10.2. The minimum Gasteiger partial charge on any atom is -0.393 e. The first-order chi connectivity index (χ1) is 6.83. The minimum absolute atomic E-state index is 0.128. The molecule has 0 aromatic heterocycles. The molecule has 3 nitrogen and oxygen atoms in total. The Hall–Kier alpha value is -0.120. The van der Waals surface area contributed by atoms with Gasteiger partial charge in [0.25, 0.3) is 0 Å². The topological polar surface area (TPSA) is 41.5 Å². The van der Waals surface area contributed by atoms with Crippen LogP contribution in [0.3, 0.4) is 0 Å². The van der Waals surface area contributed by atoms with Crippen LogP contribution in [-0.4, -0.2) is 37.5 Å². The van der Waals surface area contributed by atoms with Crippen LogP contribution in [0, 0.1) is 5.92 Å². The highest BCUT2D eigenvalue weighted by molar-refractivity contribution is 4.66. The summed E-state index contributed by atoms with van der Waals surface area (Å²) in [7, 11) is 0. The quantitative estimate of drug-likeness (QED) is 0.634. The van der Waals surface area contributed by atoms with E-state index in [9.17, 15) is 5.11 Å². The lowest BCUT2D eigenvalue weighted by Gasteiger charge is -2.22. The van der Waals surface area contributed by atoms with Gasteiger partial charge >= 0.3 is 0 Å². The van der Waals surface area contributed by atoms with Gasteiger partial charge in [0.1, 0.15) is 0 Å². The maximum Gasteiger partial charge on any atom is 0.0549 e. The van der Waals surface area contributed by atoms with Gasteiger partial charge in [-0.3, -0.25) is 0 Å². The van der Waals surface area contributed by atoms with Crippen molar-refractivity contribution in [3.8, 4) is 0 Å². The summed E-state index contributed by atoms with van der Waals surface area (Å²) in [6.07, 6.45) is 3.97. The molecule has 14 heavy (non-hydrogen) atoms. The molecule has 0 spiro atoms. The van der Waals surface area contributed by atoms with Crippen molar-refractivity contribution in [2.75, 3.05) is 26.3 Å². The minimum atomic E-state index is -0.128. The average molecular weight is 201 g/mol. The highest BCUT2D eigenvalue weighted by Crippen LogP contribution is 2.13. The van der Waals surface area contributed by atoms with Gasteiger partial charge in [0.2, 0.25) is 0 Å². The highest BCUT2D eigenvalue weighted by atomic mass is 16.5. The summed E-state index contributed by atoms with van der Waals surface area (Å²) >= 11 is 0. The van der Waals surface area contributed by atoms with Crippen LogP contribution < -0.4 is 5.32 Å². The largest absolute Gasteiger partial charge is 0.393 e. The van der Waals surface area contributed by atoms with Gasteiger partial charge in [0.15, 0.2) is 0 Å². The number of aliphatic hydroxyl groups excluding tert-OH is 1. The lowest BCUT2D eigenvalue weighted by Crippen LogP contribution is -2.29. The average Bonchev–Trinajstić information content (AvgIpc) is 2.25. The first-order valence-electron chi connectivity index (χ1n) is 5.79. The molecule has 3 heteroatoms. The van der Waals surface area contributed by atoms with Gasteiger partial charge in [-0.25, -0.2) is 0 Å². The van der Waals surface area contributed by atoms with E-state index in [0.29, 0.717) is 0 Å². The van der Waals surface area contributed by atoms with Crippen LogP contribution in [0.1, 0.15) is 32.6 Å². The molecular formula is C11H23NO2. The summed E-state index contributed by atoms with van der Waals surface area (Å²) in [5, 5.41) is 12.7. The van der Waals surface area contributed by atoms with Crippen molar-refractivity contribution in [1.29, 1.82) is 0 Å². The molecule has 2 N–H and O–H groups in total. The summed E-state index contributed by atoms with van der Waals surface area (Å²) in [6, 6.07) is 0. The zero-order valence-corrected chi connectivity index (χ0v) is 9.17. The molecule has 0 aromatic carbocycles. The van der Waals surface area contributed by atoms with Crippen molar-refractivity contribution in [2.45, 2.75) is 38.7 Å².